The zero-order valence-corrected chi connectivity index (χ0v) is 11.5. The smallest absolute Gasteiger partial charge is 0.163 e. The third-order valence-corrected chi connectivity index (χ3v) is 3.39. The van der Waals surface area contributed by atoms with Crippen LogP contribution in [0.4, 0.5) is 0 Å². The van der Waals surface area contributed by atoms with E-state index in [1.54, 1.807) is 0 Å². The van der Waals surface area contributed by atoms with Gasteiger partial charge in [0, 0.05) is 25.3 Å². The number of aliphatic hydroxyl groups excluding tert-OH is 1. The number of hydrogen-bond acceptors (Lipinski definition) is 5. The molecule has 1 atom stereocenters. The van der Waals surface area contributed by atoms with E-state index in [4.69, 9.17) is 20.3 Å². The summed E-state index contributed by atoms with van der Waals surface area (Å²) in [5.41, 5.74) is 7.81. The van der Waals surface area contributed by atoms with Crippen LogP contribution in [0.3, 0.4) is 0 Å². The van der Waals surface area contributed by atoms with E-state index in [1.165, 1.54) is 0 Å². The molecule has 1 aromatic carbocycles. The van der Waals surface area contributed by atoms with Gasteiger partial charge in [0.2, 0.25) is 0 Å². The molecule has 1 aromatic heterocycles. The highest BCUT2D eigenvalue weighted by atomic mass is 16.6. The SMILES string of the molecule is CC(N)c1nc2cc3c(cc2n1CCCO)OCCO3. The highest BCUT2D eigenvalue weighted by Crippen LogP contribution is 2.35. The summed E-state index contributed by atoms with van der Waals surface area (Å²) >= 11 is 0. The number of rotatable bonds is 4. The van der Waals surface area contributed by atoms with E-state index in [0.717, 1.165) is 28.4 Å². The molecule has 2 heterocycles. The standard InChI is InChI=1S/C14H19N3O3/c1-9(15)14-16-10-7-12-13(20-6-5-19-12)8-11(10)17(14)3-2-4-18/h7-9,18H,2-6,15H2,1H3. The molecule has 2 aromatic rings. The second-order valence-corrected chi connectivity index (χ2v) is 4.97. The van der Waals surface area contributed by atoms with Gasteiger partial charge in [-0.25, -0.2) is 4.98 Å². The highest BCUT2D eigenvalue weighted by Gasteiger charge is 2.19. The van der Waals surface area contributed by atoms with Gasteiger partial charge in [0.1, 0.15) is 19.0 Å². The lowest BCUT2D eigenvalue weighted by Crippen LogP contribution is -2.15. The van der Waals surface area contributed by atoms with Crippen molar-refractivity contribution in [2.45, 2.75) is 25.9 Å². The Balaban J connectivity index is 2.13. The Morgan fingerprint density at radius 1 is 1.35 bits per heavy atom. The lowest BCUT2D eigenvalue weighted by Gasteiger charge is -2.18. The van der Waals surface area contributed by atoms with Crippen molar-refractivity contribution in [2.24, 2.45) is 5.73 Å². The van der Waals surface area contributed by atoms with Crippen LogP contribution < -0.4 is 15.2 Å². The first kappa shape index (κ1) is 13.2. The molecule has 108 valence electrons. The summed E-state index contributed by atoms with van der Waals surface area (Å²) in [6.07, 6.45) is 0.666. The molecule has 0 saturated carbocycles. The van der Waals surface area contributed by atoms with E-state index >= 15 is 0 Å². The van der Waals surface area contributed by atoms with E-state index in [1.807, 2.05) is 19.1 Å². The molecule has 6 nitrogen and oxygen atoms in total. The van der Waals surface area contributed by atoms with Crippen molar-refractivity contribution in [1.82, 2.24) is 9.55 Å². The first-order chi connectivity index (χ1) is 9.70. The van der Waals surface area contributed by atoms with Crippen LogP contribution in [0.15, 0.2) is 12.1 Å². The van der Waals surface area contributed by atoms with Crippen LogP contribution in [0.25, 0.3) is 11.0 Å². The van der Waals surface area contributed by atoms with Crippen LogP contribution in [-0.4, -0.2) is 34.5 Å². The van der Waals surface area contributed by atoms with Gasteiger partial charge in [0.05, 0.1) is 17.1 Å². The molecule has 1 aliphatic rings. The minimum atomic E-state index is -0.167. The Labute approximate surface area is 117 Å². The van der Waals surface area contributed by atoms with Gasteiger partial charge in [0.25, 0.3) is 0 Å². The van der Waals surface area contributed by atoms with Gasteiger partial charge < -0.3 is 24.9 Å². The van der Waals surface area contributed by atoms with Crippen molar-refractivity contribution < 1.29 is 14.6 Å². The third kappa shape index (κ3) is 2.21. The Bertz CT molecular complexity index is 622. The summed E-state index contributed by atoms with van der Waals surface area (Å²) in [6, 6.07) is 3.67. The summed E-state index contributed by atoms with van der Waals surface area (Å²) in [4.78, 5) is 4.59. The lowest BCUT2D eigenvalue weighted by atomic mass is 10.2. The summed E-state index contributed by atoms with van der Waals surface area (Å²) in [6.45, 7) is 3.85. The number of fused-ring (bicyclic) bond motifs is 2. The second-order valence-electron chi connectivity index (χ2n) is 4.97. The molecule has 0 bridgehead atoms. The van der Waals surface area contributed by atoms with Crippen molar-refractivity contribution in [3.8, 4) is 11.5 Å². The van der Waals surface area contributed by atoms with Crippen LogP contribution in [-0.2, 0) is 6.54 Å². The topological polar surface area (TPSA) is 82.5 Å². The monoisotopic (exact) mass is 277 g/mol. The predicted molar refractivity (Wildman–Crippen MR) is 75.0 cm³/mol. The molecule has 0 amide bonds. The molecule has 1 aliphatic heterocycles. The minimum absolute atomic E-state index is 0.141. The largest absolute Gasteiger partial charge is 0.486 e. The van der Waals surface area contributed by atoms with Gasteiger partial charge in [-0.05, 0) is 13.3 Å². The number of hydrogen-bond donors (Lipinski definition) is 2. The first-order valence-corrected chi connectivity index (χ1v) is 6.87. The van der Waals surface area contributed by atoms with E-state index in [2.05, 4.69) is 9.55 Å². The van der Waals surface area contributed by atoms with Crippen molar-refractivity contribution in [3.63, 3.8) is 0 Å². The average molecular weight is 277 g/mol. The van der Waals surface area contributed by atoms with Crippen molar-refractivity contribution in [1.29, 1.82) is 0 Å². The fourth-order valence-electron chi connectivity index (χ4n) is 2.49. The summed E-state index contributed by atoms with van der Waals surface area (Å²) in [5.74, 6) is 2.28. The molecule has 0 radical (unpaired) electrons. The predicted octanol–water partition coefficient (Wildman–Crippen LogP) is 1.21. The Hall–Kier alpha value is -1.79. The molecule has 0 aliphatic carbocycles. The zero-order valence-electron chi connectivity index (χ0n) is 11.5. The third-order valence-electron chi connectivity index (χ3n) is 3.39. The number of aromatic nitrogens is 2. The molecule has 20 heavy (non-hydrogen) atoms. The first-order valence-electron chi connectivity index (χ1n) is 6.87. The number of ether oxygens (including phenoxy) is 2. The maximum Gasteiger partial charge on any atom is 0.163 e. The van der Waals surface area contributed by atoms with Gasteiger partial charge >= 0.3 is 0 Å². The van der Waals surface area contributed by atoms with Gasteiger partial charge in [-0.1, -0.05) is 0 Å². The molecule has 0 fully saturated rings. The minimum Gasteiger partial charge on any atom is -0.486 e. The molecule has 3 rings (SSSR count). The molecule has 0 spiro atoms. The van der Waals surface area contributed by atoms with Crippen molar-refractivity contribution >= 4 is 11.0 Å². The quantitative estimate of drug-likeness (QED) is 0.877. The summed E-state index contributed by atoms with van der Waals surface area (Å²) < 4.78 is 13.2. The van der Waals surface area contributed by atoms with Crippen LogP contribution in [0, 0.1) is 0 Å². The zero-order chi connectivity index (χ0) is 14.1. The highest BCUT2D eigenvalue weighted by molar-refractivity contribution is 5.81. The van der Waals surface area contributed by atoms with Crippen LogP contribution >= 0.6 is 0 Å². The molecule has 0 saturated heterocycles. The van der Waals surface area contributed by atoms with Gasteiger partial charge in [-0.3, -0.25) is 0 Å². The number of aryl methyl sites for hydroxylation is 1. The van der Waals surface area contributed by atoms with Crippen LogP contribution in [0.2, 0.25) is 0 Å². The number of imidazole rings is 1. The Morgan fingerprint density at radius 2 is 2.05 bits per heavy atom. The van der Waals surface area contributed by atoms with Crippen molar-refractivity contribution in [2.75, 3.05) is 19.8 Å². The Morgan fingerprint density at radius 3 is 2.70 bits per heavy atom. The molecule has 3 N–H and O–H groups in total. The molecule has 6 heteroatoms. The van der Waals surface area contributed by atoms with Gasteiger partial charge in [0.15, 0.2) is 11.5 Å². The normalized spacial score (nSPS) is 15.6. The second kappa shape index (κ2) is 5.30. The number of aliphatic hydroxyl groups is 1. The average Bonchev–Trinajstić information content (AvgIpc) is 2.80. The summed E-state index contributed by atoms with van der Waals surface area (Å²) in [7, 11) is 0. The maximum absolute atomic E-state index is 9.05. The molecular weight excluding hydrogens is 258 g/mol. The lowest BCUT2D eigenvalue weighted by molar-refractivity contribution is 0.172. The fraction of sp³-hybridized carbons (Fsp3) is 0.500. The van der Waals surface area contributed by atoms with E-state index in [9.17, 15) is 0 Å². The molecular formula is C14H19N3O3. The fourth-order valence-corrected chi connectivity index (χ4v) is 2.49. The Kier molecular flexibility index (Phi) is 3.50. The van der Waals surface area contributed by atoms with Crippen LogP contribution in [0.5, 0.6) is 11.5 Å². The van der Waals surface area contributed by atoms with Crippen molar-refractivity contribution in [3.05, 3.63) is 18.0 Å². The van der Waals surface area contributed by atoms with E-state index < -0.39 is 0 Å². The molecule has 1 unspecified atom stereocenters. The van der Waals surface area contributed by atoms with Gasteiger partial charge in [-0.15, -0.1) is 0 Å². The number of benzene rings is 1. The van der Waals surface area contributed by atoms with E-state index in [-0.39, 0.29) is 12.6 Å². The summed E-state index contributed by atoms with van der Waals surface area (Å²) in [5, 5.41) is 9.05. The van der Waals surface area contributed by atoms with Crippen LogP contribution in [0.1, 0.15) is 25.2 Å². The number of nitrogens with two attached hydrogens (primary N) is 1. The van der Waals surface area contributed by atoms with E-state index in [0.29, 0.717) is 26.2 Å². The van der Waals surface area contributed by atoms with Gasteiger partial charge in [-0.2, -0.15) is 0 Å². The maximum atomic E-state index is 9.05. The number of nitrogens with zero attached hydrogens (tertiary/aromatic N) is 2.